The van der Waals surface area contributed by atoms with Gasteiger partial charge in [0.25, 0.3) is 0 Å². The van der Waals surface area contributed by atoms with Crippen molar-refractivity contribution >= 4 is 17.9 Å². The number of carbonyl (C=O) groups is 3. The van der Waals surface area contributed by atoms with Gasteiger partial charge in [-0.2, -0.15) is 0 Å². The predicted molar refractivity (Wildman–Crippen MR) is 326 cm³/mol. The van der Waals surface area contributed by atoms with Gasteiger partial charge in [0.2, 0.25) is 0 Å². The van der Waals surface area contributed by atoms with Gasteiger partial charge < -0.3 is 14.2 Å². The summed E-state index contributed by atoms with van der Waals surface area (Å²) >= 11 is 0. The molecule has 0 aromatic rings. The van der Waals surface area contributed by atoms with Crippen molar-refractivity contribution in [3.63, 3.8) is 0 Å². The van der Waals surface area contributed by atoms with Crippen molar-refractivity contribution in [1.29, 1.82) is 0 Å². The molecule has 0 amide bonds. The van der Waals surface area contributed by atoms with Crippen LogP contribution in [-0.2, 0) is 28.6 Å². The molecular weight excluding hydrogens is 925 g/mol. The van der Waals surface area contributed by atoms with E-state index in [-0.39, 0.29) is 31.1 Å². The summed E-state index contributed by atoms with van der Waals surface area (Å²) in [6, 6.07) is 0. The minimum atomic E-state index is -0.771. The topological polar surface area (TPSA) is 78.9 Å². The molecule has 1 atom stereocenters. The summed E-state index contributed by atoms with van der Waals surface area (Å²) in [5.41, 5.74) is 0. The Balaban J connectivity index is 4.21. The fourth-order valence-corrected chi connectivity index (χ4v) is 10.1. The van der Waals surface area contributed by atoms with Gasteiger partial charge in [-0.25, -0.2) is 0 Å². The van der Waals surface area contributed by atoms with Crippen molar-refractivity contribution in [2.24, 2.45) is 0 Å². The summed E-state index contributed by atoms with van der Waals surface area (Å²) < 4.78 is 17.0. The summed E-state index contributed by atoms with van der Waals surface area (Å²) in [5.74, 6) is -0.848. The monoisotopic (exact) mass is 1050 g/mol. The summed E-state index contributed by atoms with van der Waals surface area (Å²) in [5, 5.41) is 0. The average Bonchev–Trinajstić information content (AvgIpc) is 3.41. The van der Waals surface area contributed by atoms with Crippen molar-refractivity contribution in [3.8, 4) is 0 Å². The number of hydrogen-bond acceptors (Lipinski definition) is 6. The Morgan fingerprint density at radius 1 is 0.267 bits per heavy atom. The Bertz CT molecular complexity index is 1250. The Kier molecular flexibility index (Phi) is 62.1. The van der Waals surface area contributed by atoms with Crippen LogP contribution >= 0.6 is 0 Å². The van der Waals surface area contributed by atoms with Gasteiger partial charge in [-0.05, 0) is 77.0 Å². The molecule has 75 heavy (non-hydrogen) atoms. The molecule has 0 bridgehead atoms. The number of unbranched alkanes of at least 4 members (excludes halogenated alkanes) is 45. The van der Waals surface area contributed by atoms with Gasteiger partial charge in [0.1, 0.15) is 13.2 Å². The molecule has 0 spiro atoms. The molecule has 0 saturated heterocycles. The van der Waals surface area contributed by atoms with E-state index < -0.39 is 6.10 Å². The summed E-state index contributed by atoms with van der Waals surface area (Å²) in [6.45, 7) is 6.68. The number of allylic oxidation sites excluding steroid dienone is 6. The molecule has 0 aliphatic carbocycles. The van der Waals surface area contributed by atoms with E-state index in [0.29, 0.717) is 19.3 Å². The first-order chi connectivity index (χ1) is 37.0. The lowest BCUT2D eigenvalue weighted by Crippen LogP contribution is -2.30. The van der Waals surface area contributed by atoms with Crippen LogP contribution in [0.25, 0.3) is 0 Å². The smallest absolute Gasteiger partial charge is 0.306 e. The number of carbonyl (C=O) groups excluding carboxylic acids is 3. The van der Waals surface area contributed by atoms with Crippen LogP contribution in [0.2, 0.25) is 0 Å². The zero-order chi connectivity index (χ0) is 54.3. The first-order valence-corrected chi connectivity index (χ1v) is 33.5. The number of rotatable bonds is 62. The van der Waals surface area contributed by atoms with Gasteiger partial charge in [0.05, 0.1) is 0 Å². The summed E-state index contributed by atoms with van der Waals surface area (Å²) in [4.78, 5) is 38.3. The minimum absolute atomic E-state index is 0.0686. The SMILES string of the molecule is CCCCCCC/C=C\C/C=C\CCCCCCCCCCCCCCCCCC(=O)OCC(COC(=O)CCCCCCCCCCCCCCC)OC(=O)CCCCCCCCC/C=C\CCCCCCCC. The van der Waals surface area contributed by atoms with E-state index in [2.05, 4.69) is 57.2 Å². The molecule has 0 aromatic carbocycles. The fourth-order valence-electron chi connectivity index (χ4n) is 10.1. The van der Waals surface area contributed by atoms with E-state index in [1.54, 1.807) is 0 Å². The third kappa shape index (κ3) is 62.4. The molecule has 0 radical (unpaired) electrons. The van der Waals surface area contributed by atoms with Crippen LogP contribution in [0.1, 0.15) is 367 Å². The Hall–Kier alpha value is -2.37. The molecule has 0 saturated carbocycles. The lowest BCUT2D eigenvalue weighted by Gasteiger charge is -2.18. The van der Waals surface area contributed by atoms with Gasteiger partial charge in [0, 0.05) is 19.3 Å². The zero-order valence-corrected chi connectivity index (χ0v) is 50.6. The Morgan fingerprint density at radius 3 is 0.747 bits per heavy atom. The first kappa shape index (κ1) is 72.6. The highest BCUT2D eigenvalue weighted by atomic mass is 16.6. The fraction of sp³-hybridized carbons (Fsp3) is 0.870. The van der Waals surface area contributed by atoms with Crippen molar-refractivity contribution in [1.82, 2.24) is 0 Å². The van der Waals surface area contributed by atoms with Gasteiger partial charge in [0.15, 0.2) is 6.10 Å². The second kappa shape index (κ2) is 64.2. The van der Waals surface area contributed by atoms with E-state index in [9.17, 15) is 14.4 Å². The van der Waals surface area contributed by atoms with Crippen molar-refractivity contribution in [2.75, 3.05) is 13.2 Å². The average molecular weight is 1050 g/mol. The van der Waals surface area contributed by atoms with Crippen molar-refractivity contribution in [3.05, 3.63) is 36.5 Å². The van der Waals surface area contributed by atoms with E-state index in [1.807, 2.05) is 0 Å². The molecule has 0 N–H and O–H groups in total. The highest BCUT2D eigenvalue weighted by Gasteiger charge is 2.19. The van der Waals surface area contributed by atoms with Crippen LogP contribution in [-0.4, -0.2) is 37.2 Å². The second-order valence-electron chi connectivity index (χ2n) is 22.7. The predicted octanol–water partition coefficient (Wildman–Crippen LogP) is 22.8. The zero-order valence-electron chi connectivity index (χ0n) is 50.6. The van der Waals surface area contributed by atoms with E-state index in [1.165, 1.54) is 263 Å². The quantitative estimate of drug-likeness (QED) is 0.0261. The molecule has 0 heterocycles. The standard InChI is InChI=1S/C69H128O6/c1-4-7-10-13-16-19-22-25-27-29-30-31-32-33-34-35-36-37-38-40-41-44-47-50-53-56-59-62-68(71)74-65-66(64-73-67(70)61-58-55-52-49-46-43-24-21-18-15-12-9-6-3)75-69(72)63-60-57-54-51-48-45-42-39-28-26-23-20-17-14-11-8-5-2/h22,25-26,28-30,66H,4-21,23-24,27,31-65H2,1-3H3/b25-22-,28-26-,30-29-. The summed E-state index contributed by atoms with van der Waals surface area (Å²) in [6.07, 6.45) is 78.7. The minimum Gasteiger partial charge on any atom is -0.462 e. The maximum Gasteiger partial charge on any atom is 0.306 e. The van der Waals surface area contributed by atoms with E-state index in [4.69, 9.17) is 14.2 Å². The molecule has 0 aliphatic rings. The number of ether oxygens (including phenoxy) is 3. The van der Waals surface area contributed by atoms with Crippen LogP contribution in [0.4, 0.5) is 0 Å². The van der Waals surface area contributed by atoms with Gasteiger partial charge in [-0.1, -0.05) is 308 Å². The highest BCUT2D eigenvalue weighted by molar-refractivity contribution is 5.71. The molecular formula is C69H128O6. The first-order valence-electron chi connectivity index (χ1n) is 33.5. The van der Waals surface area contributed by atoms with Gasteiger partial charge in [-0.3, -0.25) is 14.4 Å². The lowest BCUT2D eigenvalue weighted by atomic mass is 10.0. The third-order valence-corrected chi connectivity index (χ3v) is 15.1. The van der Waals surface area contributed by atoms with Crippen LogP contribution in [0.5, 0.6) is 0 Å². The molecule has 0 rings (SSSR count). The molecule has 6 heteroatoms. The number of hydrogen-bond donors (Lipinski definition) is 0. The van der Waals surface area contributed by atoms with E-state index in [0.717, 1.165) is 64.2 Å². The molecule has 6 nitrogen and oxygen atoms in total. The Morgan fingerprint density at radius 2 is 0.480 bits per heavy atom. The molecule has 0 aromatic heterocycles. The molecule has 440 valence electrons. The van der Waals surface area contributed by atoms with Crippen LogP contribution in [0.15, 0.2) is 36.5 Å². The van der Waals surface area contributed by atoms with Crippen molar-refractivity contribution < 1.29 is 28.6 Å². The maximum atomic E-state index is 12.9. The molecule has 1 unspecified atom stereocenters. The normalized spacial score (nSPS) is 12.2. The van der Waals surface area contributed by atoms with Crippen LogP contribution < -0.4 is 0 Å². The van der Waals surface area contributed by atoms with Crippen molar-refractivity contribution in [2.45, 2.75) is 374 Å². The maximum absolute atomic E-state index is 12.9. The van der Waals surface area contributed by atoms with E-state index >= 15 is 0 Å². The lowest BCUT2D eigenvalue weighted by molar-refractivity contribution is -0.167. The largest absolute Gasteiger partial charge is 0.462 e. The Labute approximate surface area is 467 Å². The summed E-state index contributed by atoms with van der Waals surface area (Å²) in [7, 11) is 0. The molecule has 0 aliphatic heterocycles. The van der Waals surface area contributed by atoms with Gasteiger partial charge in [-0.15, -0.1) is 0 Å². The van der Waals surface area contributed by atoms with Crippen LogP contribution in [0.3, 0.4) is 0 Å². The molecule has 0 fully saturated rings. The second-order valence-corrected chi connectivity index (χ2v) is 22.7. The highest BCUT2D eigenvalue weighted by Crippen LogP contribution is 2.18. The van der Waals surface area contributed by atoms with Crippen LogP contribution in [0, 0.1) is 0 Å². The number of esters is 3. The van der Waals surface area contributed by atoms with Gasteiger partial charge >= 0.3 is 17.9 Å². The third-order valence-electron chi connectivity index (χ3n) is 15.1.